The fraction of sp³-hybridized carbons (Fsp3) is 0.125. The van der Waals surface area contributed by atoms with Crippen LogP contribution in [-0.4, -0.2) is 33.5 Å². The Balaban J connectivity index is 1.94. The van der Waals surface area contributed by atoms with E-state index in [9.17, 15) is 0 Å². The monoisotopic (exact) mass is 337 g/mol. The number of hydrogen-bond donors (Lipinski definition) is 3. The zero-order chi connectivity index (χ0) is 16.5. The molecule has 3 aromatic rings. The van der Waals surface area contributed by atoms with Crippen LogP contribution < -0.4 is 11.1 Å². The van der Waals surface area contributed by atoms with Crippen LogP contribution in [0.1, 0.15) is 22.2 Å². The number of rotatable bonds is 2. The Labute approximate surface area is 142 Å². The van der Waals surface area contributed by atoms with Crippen molar-refractivity contribution in [2.24, 2.45) is 9.98 Å². The standard InChI is InChI=1S/C16H15N7S/c1-18-15-13(10-8-20-16(17)21-10)22-12(11-5-3-7-24-11)9-4-2-6-19-14(9)23-15/h2-8,13H,1H3,(H3,17,20,21)(H,18,19,23). The summed E-state index contributed by atoms with van der Waals surface area (Å²) in [6, 6.07) is 7.61. The second-order valence-electron chi connectivity index (χ2n) is 5.21. The summed E-state index contributed by atoms with van der Waals surface area (Å²) in [5.41, 5.74) is 8.33. The Morgan fingerprint density at radius 2 is 2.17 bits per heavy atom. The van der Waals surface area contributed by atoms with Gasteiger partial charge in [-0.05, 0) is 23.6 Å². The van der Waals surface area contributed by atoms with Gasteiger partial charge in [0.2, 0.25) is 0 Å². The summed E-state index contributed by atoms with van der Waals surface area (Å²) in [4.78, 5) is 22.0. The summed E-state index contributed by atoms with van der Waals surface area (Å²) in [6.45, 7) is 0. The van der Waals surface area contributed by atoms with Crippen molar-refractivity contribution in [3.05, 3.63) is 58.2 Å². The average molecular weight is 337 g/mol. The number of hydrogen-bond acceptors (Lipinski definition) is 6. The van der Waals surface area contributed by atoms with Crippen molar-refractivity contribution < 1.29 is 0 Å². The van der Waals surface area contributed by atoms with E-state index in [1.165, 1.54) is 0 Å². The fourth-order valence-electron chi connectivity index (χ4n) is 2.64. The number of amidine groups is 1. The molecule has 7 nitrogen and oxygen atoms in total. The Bertz CT molecular complexity index is 924. The van der Waals surface area contributed by atoms with E-state index in [4.69, 9.17) is 10.7 Å². The van der Waals surface area contributed by atoms with Gasteiger partial charge in [-0.1, -0.05) is 6.07 Å². The largest absolute Gasteiger partial charge is 0.369 e. The minimum atomic E-state index is -0.355. The third-order valence-electron chi connectivity index (χ3n) is 3.73. The highest BCUT2D eigenvalue weighted by Gasteiger charge is 2.27. The number of aliphatic imine (C=N–C) groups is 2. The van der Waals surface area contributed by atoms with Gasteiger partial charge in [-0.25, -0.2) is 9.97 Å². The number of nitrogens with zero attached hydrogens (tertiary/aromatic N) is 4. The Hall–Kier alpha value is -3.00. The summed E-state index contributed by atoms with van der Waals surface area (Å²) in [5, 5.41) is 5.33. The molecule has 0 bridgehead atoms. The second kappa shape index (κ2) is 5.89. The Kier molecular flexibility index (Phi) is 3.58. The molecule has 0 spiro atoms. The number of imidazole rings is 1. The van der Waals surface area contributed by atoms with Crippen molar-refractivity contribution >= 4 is 34.7 Å². The summed E-state index contributed by atoms with van der Waals surface area (Å²) in [6.07, 6.45) is 3.44. The molecule has 1 aliphatic heterocycles. The van der Waals surface area contributed by atoms with Crippen molar-refractivity contribution in [2.75, 3.05) is 18.1 Å². The van der Waals surface area contributed by atoms with E-state index < -0.39 is 0 Å². The molecule has 0 aromatic carbocycles. The van der Waals surface area contributed by atoms with E-state index >= 15 is 0 Å². The van der Waals surface area contributed by atoms with Crippen molar-refractivity contribution in [1.82, 2.24) is 15.0 Å². The van der Waals surface area contributed by atoms with Crippen LogP contribution in [0.2, 0.25) is 0 Å². The number of anilines is 2. The summed E-state index contributed by atoms with van der Waals surface area (Å²) in [5.74, 6) is 1.78. The molecule has 8 heteroatoms. The first-order valence-corrected chi connectivity index (χ1v) is 8.25. The number of fused-ring (bicyclic) bond motifs is 1. The SMILES string of the molecule is CN=C1Nc2ncccc2C(c2cccs2)=NC1c1cnc(N)[nH]1. The van der Waals surface area contributed by atoms with Gasteiger partial charge in [-0.15, -0.1) is 11.3 Å². The highest BCUT2D eigenvalue weighted by molar-refractivity contribution is 7.12. The number of pyridine rings is 1. The normalized spacial score (nSPS) is 18.6. The molecule has 3 aromatic heterocycles. The molecule has 1 aliphatic rings. The molecular weight excluding hydrogens is 322 g/mol. The topological polar surface area (TPSA) is 104 Å². The van der Waals surface area contributed by atoms with Crippen molar-refractivity contribution in [2.45, 2.75) is 6.04 Å². The lowest BCUT2D eigenvalue weighted by Crippen LogP contribution is -2.20. The fourth-order valence-corrected chi connectivity index (χ4v) is 3.38. The first kappa shape index (κ1) is 14.6. The molecule has 0 fully saturated rings. The lowest BCUT2D eigenvalue weighted by atomic mass is 10.1. The first-order valence-electron chi connectivity index (χ1n) is 7.37. The van der Waals surface area contributed by atoms with Crippen LogP contribution in [0.15, 0.2) is 52.0 Å². The maximum Gasteiger partial charge on any atom is 0.197 e. The summed E-state index contributed by atoms with van der Waals surface area (Å²) < 4.78 is 0. The van der Waals surface area contributed by atoms with Crippen molar-refractivity contribution in [1.29, 1.82) is 0 Å². The molecule has 24 heavy (non-hydrogen) atoms. The molecule has 4 rings (SSSR count). The number of thiophene rings is 1. The van der Waals surface area contributed by atoms with Gasteiger partial charge in [0.1, 0.15) is 17.7 Å². The quantitative estimate of drug-likeness (QED) is 0.668. The van der Waals surface area contributed by atoms with Gasteiger partial charge in [-0.2, -0.15) is 0 Å². The number of H-pyrrole nitrogens is 1. The van der Waals surface area contributed by atoms with Crippen LogP contribution >= 0.6 is 11.3 Å². The van der Waals surface area contributed by atoms with Gasteiger partial charge in [0.25, 0.3) is 0 Å². The molecule has 0 saturated heterocycles. The zero-order valence-corrected chi connectivity index (χ0v) is 13.7. The molecule has 120 valence electrons. The average Bonchev–Trinajstić information content (AvgIpc) is 3.24. The van der Waals surface area contributed by atoms with E-state index in [1.54, 1.807) is 30.8 Å². The highest BCUT2D eigenvalue weighted by Crippen LogP contribution is 2.30. The summed E-state index contributed by atoms with van der Waals surface area (Å²) in [7, 11) is 1.73. The Morgan fingerprint density at radius 1 is 1.25 bits per heavy atom. The van der Waals surface area contributed by atoms with Gasteiger partial charge in [0, 0.05) is 18.8 Å². The molecule has 4 N–H and O–H groups in total. The number of nitrogens with two attached hydrogens (primary N) is 1. The highest BCUT2D eigenvalue weighted by atomic mass is 32.1. The van der Waals surface area contributed by atoms with Gasteiger partial charge in [0.15, 0.2) is 5.95 Å². The molecule has 1 atom stereocenters. The molecule has 0 saturated carbocycles. The van der Waals surface area contributed by atoms with Gasteiger partial charge in [0.05, 0.1) is 22.5 Å². The molecule has 4 heterocycles. The predicted molar refractivity (Wildman–Crippen MR) is 96.9 cm³/mol. The molecule has 0 radical (unpaired) electrons. The Morgan fingerprint density at radius 3 is 2.88 bits per heavy atom. The van der Waals surface area contributed by atoms with Crippen LogP contribution in [0.25, 0.3) is 0 Å². The predicted octanol–water partition coefficient (Wildman–Crippen LogP) is 2.48. The molecular formula is C16H15N7S. The number of aromatic nitrogens is 3. The summed E-state index contributed by atoms with van der Waals surface area (Å²) >= 11 is 1.64. The third kappa shape index (κ3) is 2.46. The minimum Gasteiger partial charge on any atom is -0.369 e. The molecule has 0 aliphatic carbocycles. The molecule has 0 amide bonds. The minimum absolute atomic E-state index is 0.355. The van der Waals surface area contributed by atoms with E-state index in [2.05, 4.69) is 25.3 Å². The number of nitrogens with one attached hydrogen (secondary N) is 2. The first-order chi connectivity index (χ1) is 11.8. The number of aromatic amines is 1. The zero-order valence-electron chi connectivity index (χ0n) is 12.9. The van der Waals surface area contributed by atoms with Gasteiger partial charge >= 0.3 is 0 Å². The van der Waals surface area contributed by atoms with E-state index in [1.807, 2.05) is 29.6 Å². The third-order valence-corrected chi connectivity index (χ3v) is 4.61. The van der Waals surface area contributed by atoms with Crippen molar-refractivity contribution in [3.8, 4) is 0 Å². The van der Waals surface area contributed by atoms with Crippen LogP contribution in [0, 0.1) is 0 Å². The smallest absolute Gasteiger partial charge is 0.197 e. The van der Waals surface area contributed by atoms with Gasteiger partial charge < -0.3 is 16.0 Å². The van der Waals surface area contributed by atoms with Gasteiger partial charge in [-0.3, -0.25) is 9.98 Å². The van der Waals surface area contributed by atoms with Crippen LogP contribution in [0.3, 0.4) is 0 Å². The van der Waals surface area contributed by atoms with E-state index in [0.29, 0.717) is 11.8 Å². The van der Waals surface area contributed by atoms with Crippen LogP contribution in [0.4, 0.5) is 11.8 Å². The second-order valence-corrected chi connectivity index (χ2v) is 6.16. The lowest BCUT2D eigenvalue weighted by molar-refractivity contribution is 0.917. The lowest BCUT2D eigenvalue weighted by Gasteiger charge is -2.12. The van der Waals surface area contributed by atoms with E-state index in [0.717, 1.165) is 27.7 Å². The van der Waals surface area contributed by atoms with Crippen molar-refractivity contribution in [3.63, 3.8) is 0 Å². The maximum absolute atomic E-state index is 5.74. The van der Waals surface area contributed by atoms with Crippen LogP contribution in [0.5, 0.6) is 0 Å². The van der Waals surface area contributed by atoms with E-state index in [-0.39, 0.29) is 6.04 Å². The maximum atomic E-state index is 5.74. The molecule has 1 unspecified atom stereocenters. The van der Waals surface area contributed by atoms with Crippen LogP contribution in [-0.2, 0) is 0 Å². The number of nitrogen functional groups attached to an aromatic ring is 1.